The third-order valence-electron chi connectivity index (χ3n) is 6.15. The van der Waals surface area contributed by atoms with Crippen LogP contribution in [-0.2, 0) is 7.05 Å². The molecular formula is C26H23ClFN7O2. The fourth-order valence-corrected chi connectivity index (χ4v) is 4.51. The highest BCUT2D eigenvalue weighted by Gasteiger charge is 2.18. The van der Waals surface area contributed by atoms with Crippen LogP contribution in [0, 0.1) is 5.82 Å². The first-order valence-electron chi connectivity index (χ1n) is 11.9. The van der Waals surface area contributed by atoms with Gasteiger partial charge in [-0.2, -0.15) is 5.10 Å². The molecule has 2 N–H and O–H groups in total. The maximum Gasteiger partial charge on any atom is 0.214 e. The molecule has 4 heterocycles. The van der Waals surface area contributed by atoms with Gasteiger partial charge in [-0.25, -0.2) is 19.3 Å². The van der Waals surface area contributed by atoms with Crippen molar-refractivity contribution in [1.82, 2.24) is 30.0 Å². The smallest absolute Gasteiger partial charge is 0.214 e. The molecule has 9 nitrogen and oxygen atoms in total. The van der Waals surface area contributed by atoms with Crippen molar-refractivity contribution in [3.05, 3.63) is 65.8 Å². The number of aromatic nitrogens is 5. The zero-order valence-corrected chi connectivity index (χ0v) is 20.7. The number of nitrogens with one attached hydrogen (secondary N) is 2. The summed E-state index contributed by atoms with van der Waals surface area (Å²) in [5, 5.41) is 11.5. The molecule has 37 heavy (non-hydrogen) atoms. The first kappa shape index (κ1) is 23.4. The first-order chi connectivity index (χ1) is 18.0. The third-order valence-corrected chi connectivity index (χ3v) is 6.50. The lowest BCUT2D eigenvalue weighted by Crippen LogP contribution is -2.34. The SMILES string of the molecule is Cn1cc2ccc(Oc3ccc(Nc4ncnc5ccc(OC6CCNCC6)nc45)c(F)c3Cl)cc2n1. The summed E-state index contributed by atoms with van der Waals surface area (Å²) in [5.41, 5.74) is 1.96. The van der Waals surface area contributed by atoms with E-state index in [4.69, 9.17) is 21.1 Å². The predicted octanol–water partition coefficient (Wildman–Crippen LogP) is 5.37. The van der Waals surface area contributed by atoms with Gasteiger partial charge in [0.2, 0.25) is 5.88 Å². The van der Waals surface area contributed by atoms with Gasteiger partial charge in [-0.05, 0) is 56.3 Å². The molecule has 0 aliphatic carbocycles. The predicted molar refractivity (Wildman–Crippen MR) is 139 cm³/mol. The largest absolute Gasteiger partial charge is 0.474 e. The standard InChI is InChI=1S/C26H23ClFN7O2/c1-35-13-15-2-3-17(12-20(15)34-35)36-21-6-4-18(24(28)23(21)27)32-26-25-19(30-14-31-26)5-7-22(33-25)37-16-8-10-29-11-9-16/h2-7,12-14,16,29H,8-11H2,1H3,(H,30,31,32). The Morgan fingerprint density at radius 1 is 1.08 bits per heavy atom. The van der Waals surface area contributed by atoms with E-state index in [1.165, 1.54) is 6.33 Å². The van der Waals surface area contributed by atoms with E-state index in [1.807, 2.05) is 25.4 Å². The Bertz CT molecular complexity index is 1600. The Kier molecular flexibility index (Phi) is 6.19. The van der Waals surface area contributed by atoms with Gasteiger partial charge in [0.25, 0.3) is 0 Å². The number of ether oxygens (including phenoxy) is 2. The van der Waals surface area contributed by atoms with Gasteiger partial charge in [-0.1, -0.05) is 11.6 Å². The van der Waals surface area contributed by atoms with Crippen molar-refractivity contribution in [2.45, 2.75) is 18.9 Å². The zero-order valence-electron chi connectivity index (χ0n) is 19.9. The molecule has 11 heteroatoms. The van der Waals surface area contributed by atoms with Crippen LogP contribution in [0.1, 0.15) is 12.8 Å². The second-order valence-electron chi connectivity index (χ2n) is 8.80. The van der Waals surface area contributed by atoms with Crippen LogP contribution in [0.5, 0.6) is 17.4 Å². The Labute approximate surface area is 216 Å². The molecule has 0 unspecified atom stereocenters. The maximum absolute atomic E-state index is 15.3. The highest BCUT2D eigenvalue weighted by molar-refractivity contribution is 6.32. The van der Waals surface area contributed by atoms with Crippen molar-refractivity contribution < 1.29 is 13.9 Å². The number of aryl methyl sites for hydroxylation is 1. The van der Waals surface area contributed by atoms with Crippen molar-refractivity contribution in [2.75, 3.05) is 18.4 Å². The van der Waals surface area contributed by atoms with Gasteiger partial charge in [0, 0.05) is 30.8 Å². The minimum absolute atomic E-state index is 0.0921. The van der Waals surface area contributed by atoms with Gasteiger partial charge in [0.05, 0.1) is 16.7 Å². The van der Waals surface area contributed by atoms with Crippen molar-refractivity contribution in [2.24, 2.45) is 7.05 Å². The summed E-state index contributed by atoms with van der Waals surface area (Å²) in [7, 11) is 1.84. The molecule has 1 saturated heterocycles. The van der Waals surface area contributed by atoms with Crippen LogP contribution in [0.4, 0.5) is 15.9 Å². The summed E-state index contributed by atoms with van der Waals surface area (Å²) in [6.07, 6.45) is 5.20. The number of hydrogen-bond acceptors (Lipinski definition) is 8. The molecule has 5 aromatic rings. The quantitative estimate of drug-likeness (QED) is 0.309. The molecule has 2 aromatic carbocycles. The van der Waals surface area contributed by atoms with Crippen LogP contribution >= 0.6 is 11.6 Å². The average molecular weight is 520 g/mol. The lowest BCUT2D eigenvalue weighted by Gasteiger charge is -2.23. The number of pyridine rings is 1. The van der Waals surface area contributed by atoms with Crippen molar-refractivity contribution >= 4 is 45.0 Å². The van der Waals surface area contributed by atoms with Crippen molar-refractivity contribution in [3.63, 3.8) is 0 Å². The molecule has 0 amide bonds. The van der Waals surface area contributed by atoms with Crippen LogP contribution in [0.2, 0.25) is 5.02 Å². The Hall–Kier alpha value is -4.02. The number of hydrogen-bond donors (Lipinski definition) is 2. The highest BCUT2D eigenvalue weighted by Crippen LogP contribution is 2.37. The normalized spacial score (nSPS) is 14.2. The van der Waals surface area contributed by atoms with Gasteiger partial charge < -0.3 is 20.1 Å². The van der Waals surface area contributed by atoms with Gasteiger partial charge in [-0.15, -0.1) is 0 Å². The van der Waals surface area contributed by atoms with E-state index >= 15 is 4.39 Å². The minimum atomic E-state index is -0.674. The van der Waals surface area contributed by atoms with E-state index in [-0.39, 0.29) is 22.6 Å². The second-order valence-corrected chi connectivity index (χ2v) is 9.17. The van der Waals surface area contributed by atoms with Crippen LogP contribution < -0.4 is 20.1 Å². The van der Waals surface area contributed by atoms with E-state index in [1.54, 1.807) is 35.0 Å². The average Bonchev–Trinajstić information content (AvgIpc) is 3.28. The molecule has 0 saturated carbocycles. The lowest BCUT2D eigenvalue weighted by molar-refractivity contribution is 0.156. The molecule has 1 aliphatic rings. The van der Waals surface area contributed by atoms with Crippen molar-refractivity contribution in [1.29, 1.82) is 0 Å². The summed E-state index contributed by atoms with van der Waals surface area (Å²) < 4.78 is 29.0. The molecule has 0 spiro atoms. The Balaban J connectivity index is 1.25. The van der Waals surface area contributed by atoms with Crippen molar-refractivity contribution in [3.8, 4) is 17.4 Å². The molecule has 0 bridgehead atoms. The molecule has 3 aromatic heterocycles. The van der Waals surface area contributed by atoms with Gasteiger partial charge in [0.1, 0.15) is 34.5 Å². The first-order valence-corrected chi connectivity index (χ1v) is 12.3. The number of nitrogens with zero attached hydrogens (tertiary/aromatic N) is 5. The van der Waals surface area contributed by atoms with Gasteiger partial charge >= 0.3 is 0 Å². The van der Waals surface area contributed by atoms with Crippen LogP contribution in [-0.4, -0.2) is 43.9 Å². The van der Waals surface area contributed by atoms with Crippen LogP contribution in [0.15, 0.2) is 55.0 Å². The van der Waals surface area contributed by atoms with E-state index in [2.05, 4.69) is 30.7 Å². The molecule has 6 rings (SSSR count). The minimum Gasteiger partial charge on any atom is -0.474 e. The summed E-state index contributed by atoms with van der Waals surface area (Å²) in [6, 6.07) is 12.2. The summed E-state index contributed by atoms with van der Waals surface area (Å²) in [6.45, 7) is 1.82. The van der Waals surface area contributed by atoms with Crippen LogP contribution in [0.3, 0.4) is 0 Å². The molecular weight excluding hydrogens is 497 g/mol. The molecule has 188 valence electrons. The molecule has 0 radical (unpaired) electrons. The molecule has 0 atom stereocenters. The van der Waals surface area contributed by atoms with E-state index in [0.717, 1.165) is 36.8 Å². The van der Waals surface area contributed by atoms with E-state index in [9.17, 15) is 0 Å². The monoisotopic (exact) mass is 519 g/mol. The zero-order chi connectivity index (χ0) is 25.4. The molecule has 1 aliphatic heterocycles. The summed E-state index contributed by atoms with van der Waals surface area (Å²) in [5.74, 6) is 0.824. The molecule has 1 fully saturated rings. The Morgan fingerprint density at radius 2 is 1.95 bits per heavy atom. The number of rotatable bonds is 6. The van der Waals surface area contributed by atoms with Gasteiger partial charge in [-0.3, -0.25) is 4.68 Å². The number of benzene rings is 2. The fraction of sp³-hybridized carbons (Fsp3) is 0.231. The Morgan fingerprint density at radius 3 is 2.81 bits per heavy atom. The van der Waals surface area contributed by atoms with E-state index < -0.39 is 5.82 Å². The fourth-order valence-electron chi connectivity index (χ4n) is 4.31. The maximum atomic E-state index is 15.3. The number of halogens is 2. The number of anilines is 2. The highest BCUT2D eigenvalue weighted by atomic mass is 35.5. The number of fused-ring (bicyclic) bond motifs is 2. The summed E-state index contributed by atoms with van der Waals surface area (Å²) >= 11 is 6.36. The second kappa shape index (κ2) is 9.79. The third kappa shape index (κ3) is 4.85. The topological polar surface area (TPSA) is 99.0 Å². The van der Waals surface area contributed by atoms with Crippen LogP contribution in [0.25, 0.3) is 21.9 Å². The van der Waals surface area contributed by atoms with E-state index in [0.29, 0.717) is 28.5 Å². The summed E-state index contributed by atoms with van der Waals surface area (Å²) in [4.78, 5) is 13.2. The number of piperidine rings is 1. The lowest BCUT2D eigenvalue weighted by atomic mass is 10.1. The van der Waals surface area contributed by atoms with Gasteiger partial charge in [0.15, 0.2) is 11.6 Å².